The van der Waals surface area contributed by atoms with Gasteiger partial charge in [-0.2, -0.15) is 0 Å². The summed E-state index contributed by atoms with van der Waals surface area (Å²) in [5.41, 5.74) is 3.33. The van der Waals surface area contributed by atoms with E-state index in [1.165, 1.54) is 0 Å². The molecule has 4 nitrogen and oxygen atoms in total. The number of anilines is 1. The maximum atomic E-state index is 12.8. The number of hydrogen-bond donors (Lipinski definition) is 1. The molecule has 0 radical (unpaired) electrons. The maximum absolute atomic E-state index is 12.8. The van der Waals surface area contributed by atoms with E-state index < -0.39 is 0 Å². The molecular formula is C25H26BrNO3. The quantitative estimate of drug-likeness (QED) is 0.444. The standard InChI is InChI=1S/C25H26BrNO3/c1-25(2,3)19-9-14-23(29-4)22(15-19)27-24(28)18-7-5-17(6-8-18)16-30-21-12-10-20(26)11-13-21/h5-15H,16H2,1-4H3,(H,27,28). The highest BCUT2D eigenvalue weighted by Gasteiger charge is 2.17. The molecule has 0 bridgehead atoms. The van der Waals surface area contributed by atoms with Crippen LogP contribution < -0.4 is 14.8 Å². The van der Waals surface area contributed by atoms with E-state index in [-0.39, 0.29) is 11.3 Å². The first-order valence-corrected chi connectivity index (χ1v) is 10.5. The number of methoxy groups -OCH3 is 1. The van der Waals surface area contributed by atoms with Crippen LogP contribution in [0, 0.1) is 0 Å². The molecule has 0 atom stereocenters. The molecule has 3 aromatic rings. The molecule has 0 saturated carbocycles. The lowest BCUT2D eigenvalue weighted by Crippen LogP contribution is -2.15. The van der Waals surface area contributed by atoms with Crippen molar-refractivity contribution in [3.05, 3.63) is 87.9 Å². The average molecular weight is 468 g/mol. The molecule has 30 heavy (non-hydrogen) atoms. The summed E-state index contributed by atoms with van der Waals surface area (Å²) in [6.45, 7) is 6.84. The highest BCUT2D eigenvalue weighted by atomic mass is 79.9. The van der Waals surface area contributed by atoms with E-state index in [2.05, 4.69) is 42.0 Å². The summed E-state index contributed by atoms with van der Waals surface area (Å²) >= 11 is 3.41. The highest BCUT2D eigenvalue weighted by molar-refractivity contribution is 9.10. The normalized spacial score (nSPS) is 11.1. The molecule has 0 heterocycles. The molecule has 0 aromatic heterocycles. The van der Waals surface area contributed by atoms with Crippen molar-refractivity contribution in [3.63, 3.8) is 0 Å². The van der Waals surface area contributed by atoms with Crippen LogP contribution in [0.25, 0.3) is 0 Å². The largest absolute Gasteiger partial charge is 0.495 e. The zero-order valence-corrected chi connectivity index (χ0v) is 19.2. The molecule has 0 unspecified atom stereocenters. The second kappa shape index (κ2) is 9.35. The van der Waals surface area contributed by atoms with E-state index in [0.717, 1.165) is 21.3 Å². The maximum Gasteiger partial charge on any atom is 0.255 e. The van der Waals surface area contributed by atoms with E-state index in [1.807, 2.05) is 54.6 Å². The summed E-state index contributed by atoms with van der Waals surface area (Å²) in [5, 5.41) is 2.97. The minimum atomic E-state index is -0.181. The molecule has 1 amide bonds. The van der Waals surface area contributed by atoms with Gasteiger partial charge in [0.1, 0.15) is 18.1 Å². The van der Waals surface area contributed by atoms with Crippen LogP contribution in [0.15, 0.2) is 71.2 Å². The zero-order valence-electron chi connectivity index (χ0n) is 17.7. The second-order valence-electron chi connectivity index (χ2n) is 8.06. The van der Waals surface area contributed by atoms with Crippen LogP contribution in [0.5, 0.6) is 11.5 Å². The highest BCUT2D eigenvalue weighted by Crippen LogP contribution is 2.31. The zero-order chi connectivity index (χ0) is 21.7. The van der Waals surface area contributed by atoms with Crippen LogP contribution in [0.3, 0.4) is 0 Å². The third-order valence-electron chi connectivity index (χ3n) is 4.75. The van der Waals surface area contributed by atoms with Gasteiger partial charge in [0.15, 0.2) is 0 Å². The van der Waals surface area contributed by atoms with Gasteiger partial charge in [0.2, 0.25) is 0 Å². The van der Waals surface area contributed by atoms with Gasteiger partial charge in [-0.25, -0.2) is 0 Å². The minimum absolute atomic E-state index is 0.0256. The Hall–Kier alpha value is -2.79. The number of ether oxygens (including phenoxy) is 2. The number of hydrogen-bond acceptors (Lipinski definition) is 3. The van der Waals surface area contributed by atoms with Crippen molar-refractivity contribution in [1.82, 2.24) is 0 Å². The Balaban J connectivity index is 1.68. The van der Waals surface area contributed by atoms with Crippen LogP contribution in [0.4, 0.5) is 5.69 Å². The van der Waals surface area contributed by atoms with Gasteiger partial charge in [0.25, 0.3) is 5.91 Å². The van der Waals surface area contributed by atoms with Gasteiger partial charge in [-0.3, -0.25) is 4.79 Å². The van der Waals surface area contributed by atoms with Gasteiger partial charge in [-0.15, -0.1) is 0 Å². The summed E-state index contributed by atoms with van der Waals surface area (Å²) in [5.74, 6) is 1.25. The fraction of sp³-hybridized carbons (Fsp3) is 0.240. The fourth-order valence-corrected chi connectivity index (χ4v) is 3.18. The second-order valence-corrected chi connectivity index (χ2v) is 8.97. The molecule has 0 spiro atoms. The van der Waals surface area contributed by atoms with Crippen molar-refractivity contribution in [1.29, 1.82) is 0 Å². The monoisotopic (exact) mass is 467 g/mol. The van der Waals surface area contributed by atoms with Gasteiger partial charge in [0.05, 0.1) is 12.8 Å². The Kier molecular flexibility index (Phi) is 6.83. The number of carbonyl (C=O) groups is 1. The Morgan fingerprint density at radius 2 is 1.63 bits per heavy atom. The first-order valence-electron chi connectivity index (χ1n) is 9.73. The topological polar surface area (TPSA) is 47.6 Å². The molecule has 156 valence electrons. The van der Waals surface area contributed by atoms with Gasteiger partial charge in [0, 0.05) is 10.0 Å². The lowest BCUT2D eigenvalue weighted by molar-refractivity contribution is 0.102. The minimum Gasteiger partial charge on any atom is -0.495 e. The van der Waals surface area contributed by atoms with Crippen molar-refractivity contribution in [3.8, 4) is 11.5 Å². The van der Waals surface area contributed by atoms with Crippen molar-refractivity contribution in [2.75, 3.05) is 12.4 Å². The molecule has 0 aliphatic rings. The third-order valence-corrected chi connectivity index (χ3v) is 5.28. The van der Waals surface area contributed by atoms with E-state index in [1.54, 1.807) is 19.2 Å². The average Bonchev–Trinajstić information content (AvgIpc) is 2.73. The third kappa shape index (κ3) is 5.63. The van der Waals surface area contributed by atoms with Gasteiger partial charge < -0.3 is 14.8 Å². The van der Waals surface area contributed by atoms with Crippen molar-refractivity contribution in [2.45, 2.75) is 32.8 Å². The number of benzene rings is 3. The van der Waals surface area contributed by atoms with Crippen LogP contribution >= 0.6 is 15.9 Å². The first-order chi connectivity index (χ1) is 14.3. The van der Waals surface area contributed by atoms with Crippen LogP contribution in [0.1, 0.15) is 42.3 Å². The number of halogens is 1. The summed E-state index contributed by atoms with van der Waals surface area (Å²) in [6, 6.07) is 21.0. The van der Waals surface area contributed by atoms with Gasteiger partial charge in [-0.1, -0.05) is 54.9 Å². The molecule has 3 rings (SSSR count). The van der Waals surface area contributed by atoms with E-state index >= 15 is 0 Å². The number of carbonyl (C=O) groups excluding carboxylic acids is 1. The molecule has 0 aliphatic carbocycles. The molecule has 0 saturated heterocycles. The van der Waals surface area contributed by atoms with Crippen molar-refractivity contribution < 1.29 is 14.3 Å². The number of amides is 1. The lowest BCUT2D eigenvalue weighted by atomic mass is 9.87. The lowest BCUT2D eigenvalue weighted by Gasteiger charge is -2.21. The summed E-state index contributed by atoms with van der Waals surface area (Å²) < 4.78 is 12.2. The van der Waals surface area contributed by atoms with Gasteiger partial charge >= 0.3 is 0 Å². The van der Waals surface area contributed by atoms with Crippen molar-refractivity contribution in [2.24, 2.45) is 0 Å². The SMILES string of the molecule is COc1ccc(C(C)(C)C)cc1NC(=O)c1ccc(COc2ccc(Br)cc2)cc1. The van der Waals surface area contributed by atoms with E-state index in [0.29, 0.717) is 23.6 Å². The Morgan fingerprint density at radius 3 is 2.23 bits per heavy atom. The summed E-state index contributed by atoms with van der Waals surface area (Å²) in [7, 11) is 1.60. The van der Waals surface area contributed by atoms with Crippen LogP contribution in [-0.4, -0.2) is 13.0 Å². The molecule has 0 fully saturated rings. The molecule has 5 heteroatoms. The first kappa shape index (κ1) is 21.9. The number of rotatable bonds is 6. The predicted molar refractivity (Wildman–Crippen MR) is 125 cm³/mol. The van der Waals surface area contributed by atoms with E-state index in [4.69, 9.17) is 9.47 Å². The Labute approximate surface area is 186 Å². The summed E-state index contributed by atoms with van der Waals surface area (Å²) in [4.78, 5) is 12.8. The van der Waals surface area contributed by atoms with Crippen LogP contribution in [-0.2, 0) is 12.0 Å². The van der Waals surface area contributed by atoms with Gasteiger partial charge in [-0.05, 0) is 65.1 Å². The predicted octanol–water partition coefficient (Wildman–Crippen LogP) is 6.59. The smallest absolute Gasteiger partial charge is 0.255 e. The van der Waals surface area contributed by atoms with Crippen molar-refractivity contribution >= 4 is 27.5 Å². The molecule has 3 aromatic carbocycles. The summed E-state index contributed by atoms with van der Waals surface area (Å²) in [6.07, 6.45) is 0. The molecule has 1 N–H and O–H groups in total. The van der Waals surface area contributed by atoms with E-state index in [9.17, 15) is 4.79 Å². The van der Waals surface area contributed by atoms with Crippen LogP contribution in [0.2, 0.25) is 0 Å². The fourth-order valence-electron chi connectivity index (χ4n) is 2.92. The molecular weight excluding hydrogens is 442 g/mol. The Morgan fingerprint density at radius 1 is 0.967 bits per heavy atom. The Bertz CT molecular complexity index is 1010. The number of nitrogens with one attached hydrogen (secondary N) is 1. The molecule has 0 aliphatic heterocycles.